The Labute approximate surface area is 185 Å². The summed E-state index contributed by atoms with van der Waals surface area (Å²) in [5.41, 5.74) is 1.42. The Bertz CT molecular complexity index is 1290. The number of aromatic nitrogens is 2. The fourth-order valence-corrected chi connectivity index (χ4v) is 3.78. The van der Waals surface area contributed by atoms with Crippen LogP contribution in [0.2, 0.25) is 0 Å². The quantitative estimate of drug-likeness (QED) is 0.504. The molecule has 0 aliphatic carbocycles. The van der Waals surface area contributed by atoms with Crippen molar-refractivity contribution >= 4 is 21.3 Å². The lowest BCUT2D eigenvalue weighted by atomic mass is 10.1. The minimum atomic E-state index is -2.97. The van der Waals surface area contributed by atoms with Gasteiger partial charge in [0.1, 0.15) is 17.1 Å². The van der Waals surface area contributed by atoms with Crippen LogP contribution in [-0.2, 0) is 9.73 Å². The van der Waals surface area contributed by atoms with Gasteiger partial charge in [-0.1, -0.05) is 6.07 Å². The average molecular weight is 459 g/mol. The lowest BCUT2D eigenvalue weighted by Gasteiger charge is -2.16. The predicted octanol–water partition coefficient (Wildman–Crippen LogP) is 4.37. The molecule has 10 heteroatoms. The Kier molecular flexibility index (Phi) is 6.56. The van der Waals surface area contributed by atoms with E-state index in [2.05, 4.69) is 15.5 Å². The minimum absolute atomic E-state index is 0.0353. The topological polar surface area (TPSA) is 125 Å². The smallest absolute Gasteiger partial charge is 0.261 e. The van der Waals surface area contributed by atoms with Crippen molar-refractivity contribution in [3.8, 4) is 11.6 Å². The molecule has 2 unspecified atom stereocenters. The molecule has 0 spiro atoms. The molecular weight excluding hydrogens is 435 g/mol. The van der Waals surface area contributed by atoms with Gasteiger partial charge in [-0.05, 0) is 68.3 Å². The molecule has 2 aromatic carbocycles. The number of hydrogen-bond acceptors (Lipinski definition) is 7. The van der Waals surface area contributed by atoms with Gasteiger partial charge in [0.2, 0.25) is 0 Å². The van der Waals surface area contributed by atoms with Gasteiger partial charge < -0.3 is 15.2 Å². The maximum absolute atomic E-state index is 13.4. The number of aliphatic hydroxyl groups excluding tert-OH is 1. The molecule has 0 saturated heterocycles. The first-order valence-electron chi connectivity index (χ1n) is 9.62. The number of benzene rings is 2. The van der Waals surface area contributed by atoms with Gasteiger partial charge in [-0.3, -0.25) is 4.79 Å². The summed E-state index contributed by atoms with van der Waals surface area (Å²) in [5, 5.41) is 20.7. The van der Waals surface area contributed by atoms with Gasteiger partial charge in [0.05, 0.1) is 21.5 Å². The zero-order chi connectivity index (χ0) is 23.6. The Morgan fingerprint density at radius 1 is 1.22 bits per heavy atom. The fraction of sp³-hybridized carbons (Fsp3) is 0.227. The second-order valence-electron chi connectivity index (χ2n) is 7.40. The van der Waals surface area contributed by atoms with Crippen LogP contribution in [0.15, 0.2) is 47.4 Å². The lowest BCUT2D eigenvalue weighted by Crippen LogP contribution is -2.18. The van der Waals surface area contributed by atoms with E-state index in [-0.39, 0.29) is 22.0 Å². The summed E-state index contributed by atoms with van der Waals surface area (Å²) in [6, 6.07) is 10.1. The van der Waals surface area contributed by atoms with E-state index in [1.54, 1.807) is 32.0 Å². The highest BCUT2D eigenvalue weighted by molar-refractivity contribution is 7.91. The zero-order valence-electron chi connectivity index (χ0n) is 18.0. The molecule has 0 bridgehead atoms. The van der Waals surface area contributed by atoms with Gasteiger partial charge in [0.25, 0.3) is 11.8 Å². The SMILES string of the molecule is Cc1cc(F)ccc1Oc1nnc(C(C)O)c(C)c1C(=O)Nc1cccc(S(C)(=N)=O)c1. The number of hydrogen-bond donors (Lipinski definition) is 3. The number of carbonyl (C=O) groups excluding carboxylic acids is 1. The van der Waals surface area contributed by atoms with Crippen LogP contribution < -0.4 is 10.1 Å². The number of carbonyl (C=O) groups is 1. The highest BCUT2D eigenvalue weighted by Gasteiger charge is 2.24. The maximum atomic E-state index is 13.4. The monoisotopic (exact) mass is 458 g/mol. The van der Waals surface area contributed by atoms with E-state index in [1.165, 1.54) is 37.4 Å². The summed E-state index contributed by atoms with van der Waals surface area (Å²) in [6.45, 7) is 4.76. The Balaban J connectivity index is 2.04. The van der Waals surface area contributed by atoms with Crippen molar-refractivity contribution in [1.29, 1.82) is 4.78 Å². The number of ether oxygens (including phenoxy) is 1. The molecule has 3 aromatic rings. The Morgan fingerprint density at radius 2 is 1.94 bits per heavy atom. The van der Waals surface area contributed by atoms with Crippen LogP contribution in [-0.4, -0.2) is 31.7 Å². The van der Waals surface area contributed by atoms with Crippen molar-refractivity contribution < 1.29 is 23.2 Å². The van der Waals surface area contributed by atoms with Crippen LogP contribution in [0.25, 0.3) is 0 Å². The van der Waals surface area contributed by atoms with Crippen LogP contribution in [0.1, 0.15) is 40.2 Å². The van der Waals surface area contributed by atoms with Gasteiger partial charge in [-0.15, -0.1) is 10.2 Å². The van der Waals surface area contributed by atoms with Gasteiger partial charge in [0, 0.05) is 16.8 Å². The van der Waals surface area contributed by atoms with Gasteiger partial charge in [-0.2, -0.15) is 0 Å². The molecule has 0 fully saturated rings. The minimum Gasteiger partial charge on any atom is -0.437 e. The van der Waals surface area contributed by atoms with E-state index in [1.807, 2.05) is 0 Å². The van der Waals surface area contributed by atoms with Gasteiger partial charge in [-0.25, -0.2) is 13.4 Å². The second-order valence-corrected chi connectivity index (χ2v) is 9.56. The molecule has 168 valence electrons. The first-order valence-corrected chi connectivity index (χ1v) is 11.6. The summed E-state index contributed by atoms with van der Waals surface area (Å²) in [4.78, 5) is 13.5. The number of rotatable bonds is 6. The zero-order valence-corrected chi connectivity index (χ0v) is 18.8. The summed E-state index contributed by atoms with van der Waals surface area (Å²) in [7, 11) is -2.97. The molecule has 8 nitrogen and oxygen atoms in total. The molecule has 1 amide bonds. The number of aliphatic hydroxyl groups is 1. The first-order chi connectivity index (χ1) is 15.0. The van der Waals surface area contributed by atoms with Crippen LogP contribution in [0.3, 0.4) is 0 Å². The molecule has 2 atom stereocenters. The highest BCUT2D eigenvalue weighted by Crippen LogP contribution is 2.31. The molecule has 3 N–H and O–H groups in total. The largest absolute Gasteiger partial charge is 0.437 e. The third kappa shape index (κ3) is 5.09. The summed E-state index contributed by atoms with van der Waals surface area (Å²) in [6.07, 6.45) is 0.309. The molecule has 1 heterocycles. The van der Waals surface area contributed by atoms with Gasteiger partial charge >= 0.3 is 0 Å². The number of halogens is 1. The van der Waals surface area contributed by atoms with Crippen LogP contribution in [0.4, 0.5) is 10.1 Å². The van der Waals surface area contributed by atoms with E-state index < -0.39 is 27.6 Å². The van der Waals surface area contributed by atoms with Crippen LogP contribution in [0.5, 0.6) is 11.6 Å². The third-order valence-corrected chi connectivity index (χ3v) is 5.88. The highest BCUT2D eigenvalue weighted by atomic mass is 32.2. The number of aryl methyl sites for hydroxylation is 1. The molecule has 1 aromatic heterocycles. The molecule has 0 aliphatic heterocycles. The Morgan fingerprint density at radius 3 is 2.56 bits per heavy atom. The number of nitrogens with zero attached hydrogens (tertiary/aromatic N) is 2. The van der Waals surface area contributed by atoms with Crippen LogP contribution in [0, 0.1) is 24.4 Å². The van der Waals surface area contributed by atoms with Gasteiger partial charge in [0.15, 0.2) is 0 Å². The number of nitrogens with one attached hydrogen (secondary N) is 2. The Hall–Kier alpha value is -3.37. The summed E-state index contributed by atoms with van der Waals surface area (Å²) >= 11 is 0. The summed E-state index contributed by atoms with van der Waals surface area (Å²) < 4.78 is 39.0. The number of anilines is 1. The van der Waals surface area contributed by atoms with E-state index in [0.717, 1.165) is 0 Å². The van der Waals surface area contributed by atoms with E-state index >= 15 is 0 Å². The standard InChI is InChI=1S/C22H23FN4O4S/c1-12-10-15(23)8-9-18(12)31-22-19(13(2)20(14(3)28)26-27-22)21(29)25-16-6-5-7-17(11-16)32(4,24)30/h5-11,14,24,28H,1-4H3,(H,25,29). The van der Waals surface area contributed by atoms with E-state index in [9.17, 15) is 18.5 Å². The van der Waals surface area contributed by atoms with E-state index in [0.29, 0.717) is 22.6 Å². The fourth-order valence-electron chi connectivity index (χ4n) is 3.09. The first kappa shape index (κ1) is 23.3. The predicted molar refractivity (Wildman–Crippen MR) is 118 cm³/mol. The van der Waals surface area contributed by atoms with Crippen molar-refractivity contribution in [2.45, 2.75) is 31.8 Å². The lowest BCUT2D eigenvalue weighted by molar-refractivity contribution is 0.102. The van der Waals surface area contributed by atoms with E-state index in [4.69, 9.17) is 9.52 Å². The van der Waals surface area contributed by atoms with Crippen molar-refractivity contribution in [1.82, 2.24) is 10.2 Å². The van der Waals surface area contributed by atoms with Crippen molar-refractivity contribution in [3.05, 3.63) is 70.7 Å². The second kappa shape index (κ2) is 9.01. The van der Waals surface area contributed by atoms with Crippen molar-refractivity contribution in [2.75, 3.05) is 11.6 Å². The molecule has 32 heavy (non-hydrogen) atoms. The van der Waals surface area contributed by atoms with Crippen molar-refractivity contribution in [2.24, 2.45) is 0 Å². The average Bonchev–Trinajstić information content (AvgIpc) is 2.69. The normalized spacial score (nSPS) is 13.8. The molecular formula is C22H23FN4O4S. The third-order valence-electron chi connectivity index (χ3n) is 4.73. The number of amides is 1. The maximum Gasteiger partial charge on any atom is 0.261 e. The molecule has 0 saturated carbocycles. The van der Waals surface area contributed by atoms with Crippen LogP contribution >= 0.6 is 0 Å². The molecule has 3 rings (SSSR count). The summed E-state index contributed by atoms with van der Waals surface area (Å²) in [5.74, 6) is -0.851. The molecule has 0 radical (unpaired) electrons. The van der Waals surface area contributed by atoms with Crippen molar-refractivity contribution in [3.63, 3.8) is 0 Å². The molecule has 0 aliphatic rings.